The predicted octanol–water partition coefficient (Wildman–Crippen LogP) is 0.0171. The molecule has 7 nitrogen and oxygen atoms in total. The van der Waals surface area contributed by atoms with Crippen molar-refractivity contribution < 1.29 is 14.3 Å². The minimum Gasteiger partial charge on any atom is -0.468 e. The number of nitrogens with zero attached hydrogens (tertiary/aromatic N) is 2. The number of nitrogens with one attached hydrogen (secondary N) is 1. The fourth-order valence-corrected chi connectivity index (χ4v) is 1.36. The second-order valence-corrected chi connectivity index (χ2v) is 3.51. The van der Waals surface area contributed by atoms with Gasteiger partial charge in [0.15, 0.2) is 0 Å². The summed E-state index contributed by atoms with van der Waals surface area (Å²) in [7, 11) is 1.28. The number of nitrogen functional groups attached to an aromatic ring is 1. The van der Waals surface area contributed by atoms with Crippen LogP contribution in [0.4, 0.5) is 5.82 Å². The van der Waals surface area contributed by atoms with Crippen molar-refractivity contribution in [1.82, 2.24) is 15.1 Å². The SMILES string of the molecule is CCCN(CC(=O)OC)C(=O)c1cc(N)n[nH]1. The van der Waals surface area contributed by atoms with Crippen LogP contribution < -0.4 is 5.73 Å². The first kappa shape index (κ1) is 13.0. The maximum atomic E-state index is 12.0. The minimum atomic E-state index is -0.459. The molecule has 0 bridgehead atoms. The standard InChI is InChI=1S/C10H16N4O3/c1-3-4-14(6-9(15)17-2)10(16)7-5-8(11)13-12-7/h5H,3-4,6H2,1-2H3,(H3,11,12,13). The van der Waals surface area contributed by atoms with Crippen molar-refractivity contribution in [1.29, 1.82) is 0 Å². The number of aromatic amines is 1. The summed E-state index contributed by atoms with van der Waals surface area (Å²) in [5, 5.41) is 6.19. The number of carbonyl (C=O) groups excluding carboxylic acids is 2. The third-order valence-electron chi connectivity index (χ3n) is 2.16. The van der Waals surface area contributed by atoms with Gasteiger partial charge in [-0.25, -0.2) is 0 Å². The van der Waals surface area contributed by atoms with E-state index in [-0.39, 0.29) is 24.0 Å². The highest BCUT2D eigenvalue weighted by atomic mass is 16.5. The predicted molar refractivity (Wildman–Crippen MR) is 61.2 cm³/mol. The summed E-state index contributed by atoms with van der Waals surface area (Å²) in [4.78, 5) is 24.5. The minimum absolute atomic E-state index is 0.0813. The molecule has 1 rings (SSSR count). The Bertz CT molecular complexity index is 402. The Labute approximate surface area is 98.9 Å². The molecule has 0 aliphatic rings. The average molecular weight is 240 g/mol. The number of ether oxygens (including phenoxy) is 1. The van der Waals surface area contributed by atoms with Gasteiger partial charge in [0.25, 0.3) is 5.91 Å². The molecule has 1 aromatic heterocycles. The molecule has 0 radical (unpaired) electrons. The monoisotopic (exact) mass is 240 g/mol. The molecule has 0 aromatic carbocycles. The lowest BCUT2D eigenvalue weighted by Gasteiger charge is -2.19. The van der Waals surface area contributed by atoms with Gasteiger partial charge in [0.05, 0.1) is 7.11 Å². The van der Waals surface area contributed by atoms with Crippen molar-refractivity contribution in [2.24, 2.45) is 0 Å². The molecule has 94 valence electrons. The second-order valence-electron chi connectivity index (χ2n) is 3.51. The Morgan fingerprint density at radius 1 is 1.59 bits per heavy atom. The third-order valence-corrected chi connectivity index (χ3v) is 2.16. The van der Waals surface area contributed by atoms with E-state index in [1.54, 1.807) is 0 Å². The lowest BCUT2D eigenvalue weighted by molar-refractivity contribution is -0.141. The molecule has 3 N–H and O–H groups in total. The molecule has 0 aliphatic carbocycles. The molecule has 0 atom stereocenters. The van der Waals surface area contributed by atoms with Crippen LogP contribution in [0.5, 0.6) is 0 Å². The molecule has 0 unspecified atom stereocenters. The van der Waals surface area contributed by atoms with Crippen LogP contribution in [0.3, 0.4) is 0 Å². The van der Waals surface area contributed by atoms with E-state index in [1.807, 2.05) is 6.92 Å². The quantitative estimate of drug-likeness (QED) is 0.706. The molecule has 17 heavy (non-hydrogen) atoms. The fraction of sp³-hybridized carbons (Fsp3) is 0.500. The van der Waals surface area contributed by atoms with E-state index < -0.39 is 5.97 Å². The zero-order valence-electron chi connectivity index (χ0n) is 9.90. The van der Waals surface area contributed by atoms with E-state index in [2.05, 4.69) is 14.9 Å². The number of methoxy groups -OCH3 is 1. The summed E-state index contributed by atoms with van der Waals surface area (Å²) >= 11 is 0. The van der Waals surface area contributed by atoms with Gasteiger partial charge < -0.3 is 15.4 Å². The zero-order chi connectivity index (χ0) is 12.8. The molecule has 1 amide bonds. The van der Waals surface area contributed by atoms with Crippen LogP contribution in [0, 0.1) is 0 Å². The Kier molecular flexibility index (Phi) is 4.50. The van der Waals surface area contributed by atoms with Crippen LogP contribution in [0.15, 0.2) is 6.07 Å². The number of esters is 1. The normalized spacial score (nSPS) is 10.0. The zero-order valence-corrected chi connectivity index (χ0v) is 9.90. The molecule has 1 aromatic rings. The third kappa shape index (κ3) is 3.47. The van der Waals surface area contributed by atoms with Crippen molar-refractivity contribution in [3.63, 3.8) is 0 Å². The van der Waals surface area contributed by atoms with Gasteiger partial charge in [-0.3, -0.25) is 14.7 Å². The Hall–Kier alpha value is -2.05. The van der Waals surface area contributed by atoms with Crippen LogP contribution >= 0.6 is 0 Å². The van der Waals surface area contributed by atoms with Crippen molar-refractivity contribution >= 4 is 17.7 Å². The van der Waals surface area contributed by atoms with E-state index in [4.69, 9.17) is 5.73 Å². The summed E-state index contributed by atoms with van der Waals surface area (Å²) in [5.41, 5.74) is 5.68. The number of amides is 1. The van der Waals surface area contributed by atoms with Gasteiger partial charge in [0.1, 0.15) is 18.1 Å². The smallest absolute Gasteiger partial charge is 0.325 e. The van der Waals surface area contributed by atoms with Gasteiger partial charge in [0.2, 0.25) is 0 Å². The molecule has 0 saturated heterocycles. The number of nitrogens with two attached hydrogens (primary N) is 1. The van der Waals surface area contributed by atoms with Gasteiger partial charge in [-0.1, -0.05) is 6.92 Å². The van der Waals surface area contributed by atoms with Crippen molar-refractivity contribution in [3.05, 3.63) is 11.8 Å². The number of H-pyrrole nitrogens is 1. The summed E-state index contributed by atoms with van der Waals surface area (Å²) in [6.07, 6.45) is 0.742. The first-order chi connectivity index (χ1) is 8.08. The average Bonchev–Trinajstić information content (AvgIpc) is 2.74. The van der Waals surface area contributed by atoms with E-state index >= 15 is 0 Å². The molecule has 0 saturated carbocycles. The molecule has 1 heterocycles. The Balaban J connectivity index is 2.76. The summed E-state index contributed by atoms with van der Waals surface area (Å²) in [5.74, 6) is -0.538. The molecule has 0 aliphatic heterocycles. The first-order valence-corrected chi connectivity index (χ1v) is 5.25. The maximum Gasteiger partial charge on any atom is 0.325 e. The lowest BCUT2D eigenvalue weighted by atomic mass is 10.3. The van der Waals surface area contributed by atoms with Crippen LogP contribution in [0.2, 0.25) is 0 Å². The summed E-state index contributed by atoms with van der Waals surface area (Å²) < 4.78 is 4.53. The van der Waals surface area contributed by atoms with Crippen LogP contribution in [0.1, 0.15) is 23.8 Å². The van der Waals surface area contributed by atoms with Crippen LogP contribution in [-0.4, -0.2) is 47.2 Å². The Morgan fingerprint density at radius 2 is 2.29 bits per heavy atom. The van der Waals surface area contributed by atoms with Gasteiger partial charge in [-0.15, -0.1) is 0 Å². The van der Waals surface area contributed by atoms with Gasteiger partial charge >= 0.3 is 5.97 Å². The molecule has 7 heteroatoms. The highest BCUT2D eigenvalue weighted by molar-refractivity contribution is 5.94. The van der Waals surface area contributed by atoms with Crippen molar-refractivity contribution in [2.75, 3.05) is 25.9 Å². The second kappa shape index (κ2) is 5.88. The number of hydrogen-bond acceptors (Lipinski definition) is 5. The number of anilines is 1. The highest BCUT2D eigenvalue weighted by Gasteiger charge is 2.19. The molecular formula is C10H16N4O3. The number of carbonyl (C=O) groups is 2. The van der Waals surface area contributed by atoms with E-state index in [9.17, 15) is 9.59 Å². The molecule has 0 spiro atoms. The van der Waals surface area contributed by atoms with Crippen molar-refractivity contribution in [2.45, 2.75) is 13.3 Å². The van der Waals surface area contributed by atoms with E-state index in [0.717, 1.165) is 6.42 Å². The maximum absolute atomic E-state index is 12.0. The first-order valence-electron chi connectivity index (χ1n) is 5.25. The fourth-order valence-electron chi connectivity index (χ4n) is 1.36. The topological polar surface area (TPSA) is 101 Å². The largest absolute Gasteiger partial charge is 0.468 e. The van der Waals surface area contributed by atoms with Gasteiger partial charge in [-0.2, -0.15) is 5.10 Å². The van der Waals surface area contributed by atoms with E-state index in [1.165, 1.54) is 18.1 Å². The van der Waals surface area contributed by atoms with Gasteiger partial charge in [-0.05, 0) is 6.42 Å². The van der Waals surface area contributed by atoms with Gasteiger partial charge in [0, 0.05) is 12.6 Å². The molecular weight excluding hydrogens is 224 g/mol. The van der Waals surface area contributed by atoms with E-state index in [0.29, 0.717) is 6.54 Å². The highest BCUT2D eigenvalue weighted by Crippen LogP contribution is 2.06. The van der Waals surface area contributed by atoms with Crippen molar-refractivity contribution in [3.8, 4) is 0 Å². The Morgan fingerprint density at radius 3 is 2.76 bits per heavy atom. The summed E-state index contributed by atoms with van der Waals surface area (Å²) in [6.45, 7) is 2.30. The number of hydrogen-bond donors (Lipinski definition) is 2. The lowest BCUT2D eigenvalue weighted by Crippen LogP contribution is -2.37. The molecule has 0 fully saturated rings. The summed E-state index contributed by atoms with van der Waals surface area (Å²) in [6, 6.07) is 1.43. The van der Waals surface area contributed by atoms with Crippen LogP contribution in [0.25, 0.3) is 0 Å². The number of rotatable bonds is 5. The van der Waals surface area contributed by atoms with Crippen LogP contribution in [-0.2, 0) is 9.53 Å². The number of aromatic nitrogens is 2.